The van der Waals surface area contributed by atoms with Crippen LogP contribution in [0.2, 0.25) is 0 Å². The van der Waals surface area contributed by atoms with E-state index in [-0.39, 0.29) is 5.91 Å². The number of anilines is 1. The molecule has 0 bridgehead atoms. The van der Waals surface area contributed by atoms with Gasteiger partial charge < -0.3 is 10.2 Å². The molecule has 1 N–H and O–H groups in total. The molecule has 28 heavy (non-hydrogen) atoms. The average Bonchev–Trinajstić information content (AvgIpc) is 3.10. The van der Waals surface area contributed by atoms with Gasteiger partial charge in [0.2, 0.25) is 0 Å². The van der Waals surface area contributed by atoms with Gasteiger partial charge in [-0.1, -0.05) is 35.3 Å². The minimum Gasteiger partial charge on any atom is -0.378 e. The summed E-state index contributed by atoms with van der Waals surface area (Å²) in [6.07, 6.45) is 0.890. The van der Waals surface area contributed by atoms with E-state index in [0.717, 1.165) is 22.4 Å². The summed E-state index contributed by atoms with van der Waals surface area (Å²) < 4.78 is 0. The van der Waals surface area contributed by atoms with Crippen LogP contribution in [0.1, 0.15) is 31.9 Å². The Morgan fingerprint density at radius 2 is 1.89 bits per heavy atom. The normalized spacial score (nSPS) is 12.0. The standard InChI is InChI=1S/C23H24BN2OS/c1-14-9-15(2)21-19(10-14)24-12-17-11-20(28-22(17)21)23(27)25-13-16-5-7-18(8-6-16)26(3)4/h5-11H,12-13H2,1-4H3,(H,25,27). The number of hydrogen-bond acceptors (Lipinski definition) is 3. The molecule has 0 aliphatic carbocycles. The first-order chi connectivity index (χ1) is 13.4. The Labute approximate surface area is 171 Å². The molecular weight excluding hydrogens is 363 g/mol. The minimum absolute atomic E-state index is 0.00222. The number of fused-ring (bicyclic) bond motifs is 3. The molecule has 1 amide bonds. The number of carbonyl (C=O) groups is 1. The van der Waals surface area contributed by atoms with Gasteiger partial charge in [0.15, 0.2) is 7.28 Å². The molecule has 0 saturated heterocycles. The van der Waals surface area contributed by atoms with Crippen molar-refractivity contribution in [3.8, 4) is 10.4 Å². The number of rotatable bonds is 4. The molecule has 4 rings (SSSR count). The van der Waals surface area contributed by atoms with E-state index < -0.39 is 0 Å². The van der Waals surface area contributed by atoms with E-state index in [0.29, 0.717) is 6.54 Å². The fourth-order valence-electron chi connectivity index (χ4n) is 3.78. The molecule has 0 unspecified atom stereocenters. The Hall–Kier alpha value is -2.53. The van der Waals surface area contributed by atoms with E-state index in [2.05, 4.69) is 73.8 Å². The van der Waals surface area contributed by atoms with Gasteiger partial charge in [-0.15, -0.1) is 11.3 Å². The number of hydrogen-bond donors (Lipinski definition) is 1. The molecule has 2 heterocycles. The van der Waals surface area contributed by atoms with Gasteiger partial charge >= 0.3 is 0 Å². The van der Waals surface area contributed by atoms with Crippen LogP contribution >= 0.6 is 11.3 Å². The lowest BCUT2D eigenvalue weighted by molar-refractivity contribution is 0.0955. The van der Waals surface area contributed by atoms with Gasteiger partial charge in [0.05, 0.1) is 4.88 Å². The minimum atomic E-state index is 0.00222. The van der Waals surface area contributed by atoms with Crippen LogP contribution in [0, 0.1) is 13.8 Å². The van der Waals surface area contributed by atoms with Gasteiger partial charge in [-0.3, -0.25) is 4.79 Å². The quantitative estimate of drug-likeness (QED) is 0.690. The first-order valence-corrected chi connectivity index (χ1v) is 10.4. The number of nitrogens with one attached hydrogen (secondary N) is 1. The Morgan fingerprint density at radius 1 is 1.14 bits per heavy atom. The maximum absolute atomic E-state index is 12.7. The van der Waals surface area contributed by atoms with E-state index in [1.165, 1.54) is 32.6 Å². The number of thiophene rings is 1. The number of benzene rings is 2. The molecule has 5 heteroatoms. The summed E-state index contributed by atoms with van der Waals surface area (Å²) in [6, 6.07) is 14.8. The number of amides is 1. The van der Waals surface area contributed by atoms with E-state index in [1.54, 1.807) is 11.3 Å². The van der Waals surface area contributed by atoms with Crippen molar-refractivity contribution >= 4 is 35.7 Å². The molecule has 3 aromatic rings. The molecule has 1 aliphatic rings. The van der Waals surface area contributed by atoms with Gasteiger partial charge in [-0.2, -0.15) is 0 Å². The third-order valence-electron chi connectivity index (χ3n) is 5.22. The molecule has 1 radical (unpaired) electrons. The number of carbonyl (C=O) groups excluding carboxylic acids is 1. The van der Waals surface area contributed by atoms with E-state index >= 15 is 0 Å². The highest BCUT2D eigenvalue weighted by Gasteiger charge is 2.23. The van der Waals surface area contributed by atoms with E-state index in [9.17, 15) is 4.79 Å². The maximum atomic E-state index is 12.7. The summed E-state index contributed by atoms with van der Waals surface area (Å²) in [5.74, 6) is 0.00222. The van der Waals surface area contributed by atoms with Gasteiger partial charge in [0, 0.05) is 31.2 Å². The Kier molecular flexibility index (Phi) is 5.03. The first-order valence-electron chi connectivity index (χ1n) is 9.54. The molecule has 1 aliphatic heterocycles. The van der Waals surface area contributed by atoms with Crippen molar-refractivity contribution in [1.82, 2.24) is 5.32 Å². The van der Waals surface area contributed by atoms with Crippen molar-refractivity contribution in [2.24, 2.45) is 0 Å². The number of nitrogens with zero attached hydrogens (tertiary/aromatic N) is 1. The van der Waals surface area contributed by atoms with Crippen LogP contribution in [-0.4, -0.2) is 27.3 Å². The summed E-state index contributed by atoms with van der Waals surface area (Å²) in [7, 11) is 6.32. The zero-order chi connectivity index (χ0) is 19.8. The van der Waals surface area contributed by atoms with Crippen molar-refractivity contribution in [2.75, 3.05) is 19.0 Å². The van der Waals surface area contributed by atoms with Gasteiger partial charge in [0.1, 0.15) is 0 Å². The summed E-state index contributed by atoms with van der Waals surface area (Å²) >= 11 is 1.61. The maximum Gasteiger partial charge on any atom is 0.261 e. The number of aryl methyl sites for hydroxylation is 2. The zero-order valence-corrected chi connectivity index (χ0v) is 17.6. The Morgan fingerprint density at radius 3 is 2.61 bits per heavy atom. The lowest BCUT2D eigenvalue weighted by atomic mass is 9.59. The van der Waals surface area contributed by atoms with Crippen molar-refractivity contribution in [2.45, 2.75) is 26.7 Å². The summed E-state index contributed by atoms with van der Waals surface area (Å²) in [4.78, 5) is 16.8. The van der Waals surface area contributed by atoms with Crippen LogP contribution in [0.15, 0.2) is 42.5 Å². The lowest BCUT2D eigenvalue weighted by Crippen LogP contribution is -2.24. The van der Waals surface area contributed by atoms with Gasteiger partial charge in [0.25, 0.3) is 5.91 Å². The highest BCUT2D eigenvalue weighted by atomic mass is 32.1. The van der Waals surface area contributed by atoms with Crippen LogP contribution in [0.5, 0.6) is 0 Å². The third kappa shape index (κ3) is 3.59. The van der Waals surface area contributed by atoms with Crippen LogP contribution in [-0.2, 0) is 12.9 Å². The molecule has 0 saturated carbocycles. The van der Waals surface area contributed by atoms with Crippen molar-refractivity contribution in [3.05, 3.63) is 69.6 Å². The fraction of sp³-hybridized carbons (Fsp3) is 0.261. The molecule has 3 nitrogen and oxygen atoms in total. The zero-order valence-electron chi connectivity index (χ0n) is 16.8. The summed E-state index contributed by atoms with van der Waals surface area (Å²) in [5.41, 5.74) is 8.65. The van der Waals surface area contributed by atoms with Crippen LogP contribution in [0.25, 0.3) is 10.4 Å². The van der Waals surface area contributed by atoms with Crippen LogP contribution < -0.4 is 15.7 Å². The second-order valence-corrected chi connectivity index (χ2v) is 8.72. The van der Waals surface area contributed by atoms with E-state index in [1.807, 2.05) is 14.1 Å². The second-order valence-electron chi connectivity index (χ2n) is 7.66. The molecule has 141 valence electrons. The Bertz CT molecular complexity index is 1040. The smallest absolute Gasteiger partial charge is 0.261 e. The second kappa shape index (κ2) is 7.48. The molecule has 0 spiro atoms. The molecule has 0 fully saturated rings. The predicted molar refractivity (Wildman–Crippen MR) is 120 cm³/mol. The molecular formula is C23H24BN2OS. The Balaban J connectivity index is 1.52. The summed E-state index contributed by atoms with van der Waals surface area (Å²) in [6.45, 7) is 4.83. The SMILES string of the molecule is Cc1cc(C)c2c(c1)[B]Cc1cc(C(=O)NCc3ccc(N(C)C)cc3)sc1-2. The topological polar surface area (TPSA) is 32.3 Å². The van der Waals surface area contributed by atoms with Crippen molar-refractivity contribution in [1.29, 1.82) is 0 Å². The lowest BCUT2D eigenvalue weighted by Gasteiger charge is -2.18. The van der Waals surface area contributed by atoms with Crippen LogP contribution in [0.4, 0.5) is 5.69 Å². The summed E-state index contributed by atoms with van der Waals surface area (Å²) in [5, 5.41) is 3.07. The molecule has 0 atom stereocenters. The molecule has 2 aromatic carbocycles. The highest BCUT2D eigenvalue weighted by molar-refractivity contribution is 7.18. The average molecular weight is 387 g/mol. The van der Waals surface area contributed by atoms with Crippen molar-refractivity contribution in [3.63, 3.8) is 0 Å². The third-order valence-corrected chi connectivity index (χ3v) is 6.41. The fourth-order valence-corrected chi connectivity index (χ4v) is 5.02. The molecule has 1 aromatic heterocycles. The van der Waals surface area contributed by atoms with Gasteiger partial charge in [-0.05, 0) is 60.6 Å². The van der Waals surface area contributed by atoms with E-state index in [4.69, 9.17) is 0 Å². The predicted octanol–water partition coefficient (Wildman–Crippen LogP) is 3.87. The highest BCUT2D eigenvalue weighted by Crippen LogP contribution is 2.36. The first kappa shape index (κ1) is 18.8. The van der Waals surface area contributed by atoms with Gasteiger partial charge in [-0.25, -0.2) is 0 Å². The monoisotopic (exact) mass is 387 g/mol. The van der Waals surface area contributed by atoms with Crippen LogP contribution in [0.3, 0.4) is 0 Å². The van der Waals surface area contributed by atoms with Crippen molar-refractivity contribution < 1.29 is 4.79 Å². The largest absolute Gasteiger partial charge is 0.378 e.